The van der Waals surface area contributed by atoms with Gasteiger partial charge in [0.05, 0.1) is 18.3 Å². The van der Waals surface area contributed by atoms with Crippen LogP contribution in [0.1, 0.15) is 11.3 Å². The normalized spacial score (nSPS) is 14.6. The molecule has 4 heterocycles. The second kappa shape index (κ2) is 11.0. The molecule has 0 unspecified atom stereocenters. The number of benzene rings is 2. The van der Waals surface area contributed by atoms with Gasteiger partial charge in [-0.05, 0) is 55.1 Å². The van der Waals surface area contributed by atoms with Crippen molar-refractivity contribution in [3.05, 3.63) is 96.6 Å². The molecule has 0 aliphatic carbocycles. The van der Waals surface area contributed by atoms with E-state index in [0.29, 0.717) is 12.4 Å². The first-order chi connectivity index (χ1) is 18.7. The molecule has 1 aliphatic heterocycles. The monoisotopic (exact) mass is 506 g/mol. The minimum atomic E-state index is 0.532. The van der Waals surface area contributed by atoms with E-state index in [2.05, 4.69) is 49.2 Å². The van der Waals surface area contributed by atoms with Crippen molar-refractivity contribution in [2.24, 2.45) is 0 Å². The van der Waals surface area contributed by atoms with Crippen LogP contribution in [0.2, 0.25) is 0 Å². The van der Waals surface area contributed by atoms with E-state index < -0.39 is 0 Å². The van der Waals surface area contributed by atoms with E-state index in [1.54, 1.807) is 12.5 Å². The molecular formula is C30H30N6O2. The van der Waals surface area contributed by atoms with Crippen LogP contribution in [0.4, 0.5) is 11.5 Å². The zero-order chi connectivity index (χ0) is 25.7. The maximum absolute atomic E-state index is 6.18. The second-order valence-electron chi connectivity index (χ2n) is 9.58. The lowest BCUT2D eigenvalue weighted by molar-refractivity contribution is 0.140. The number of anilines is 2. The van der Waals surface area contributed by atoms with Gasteiger partial charge in [0.25, 0.3) is 0 Å². The first-order valence-corrected chi connectivity index (χ1v) is 12.8. The van der Waals surface area contributed by atoms with Crippen LogP contribution in [0, 0.1) is 0 Å². The van der Waals surface area contributed by atoms with Crippen molar-refractivity contribution in [2.75, 3.05) is 38.5 Å². The van der Waals surface area contributed by atoms with E-state index in [4.69, 9.17) is 9.15 Å². The van der Waals surface area contributed by atoms with Gasteiger partial charge in [0.2, 0.25) is 0 Å². The van der Waals surface area contributed by atoms with Gasteiger partial charge >= 0.3 is 0 Å². The molecule has 0 bridgehead atoms. The Hall–Kier alpha value is -4.27. The fraction of sp³-hybridized carbons (Fsp3) is 0.233. The number of nitrogens with one attached hydrogen (secondary N) is 1. The lowest BCUT2D eigenvalue weighted by Crippen LogP contribution is -2.43. The highest BCUT2D eigenvalue weighted by Crippen LogP contribution is 2.29. The van der Waals surface area contributed by atoms with E-state index >= 15 is 0 Å². The Balaban J connectivity index is 1.16. The molecule has 0 amide bonds. The molecule has 192 valence electrons. The predicted molar refractivity (Wildman–Crippen MR) is 148 cm³/mol. The molecule has 8 nitrogen and oxygen atoms in total. The van der Waals surface area contributed by atoms with E-state index in [1.165, 1.54) is 0 Å². The van der Waals surface area contributed by atoms with E-state index in [0.717, 1.165) is 77.8 Å². The van der Waals surface area contributed by atoms with Crippen molar-refractivity contribution in [3.63, 3.8) is 0 Å². The summed E-state index contributed by atoms with van der Waals surface area (Å²) in [7, 11) is 2.16. The molecule has 38 heavy (non-hydrogen) atoms. The van der Waals surface area contributed by atoms with Crippen LogP contribution in [-0.4, -0.2) is 58.0 Å². The lowest BCUT2D eigenvalue weighted by atomic mass is 10.2. The van der Waals surface area contributed by atoms with Gasteiger partial charge in [0.1, 0.15) is 36.0 Å². The Morgan fingerprint density at radius 2 is 1.71 bits per heavy atom. The van der Waals surface area contributed by atoms with Crippen molar-refractivity contribution in [3.8, 4) is 17.2 Å². The van der Waals surface area contributed by atoms with Crippen molar-refractivity contribution in [2.45, 2.75) is 13.2 Å². The fourth-order valence-corrected chi connectivity index (χ4v) is 4.53. The summed E-state index contributed by atoms with van der Waals surface area (Å²) in [6.45, 7) is 5.60. The fourth-order valence-electron chi connectivity index (χ4n) is 4.53. The van der Waals surface area contributed by atoms with Crippen LogP contribution in [0.25, 0.3) is 22.4 Å². The van der Waals surface area contributed by atoms with Gasteiger partial charge in [-0.25, -0.2) is 9.97 Å². The summed E-state index contributed by atoms with van der Waals surface area (Å²) in [5, 5.41) is 4.29. The van der Waals surface area contributed by atoms with Crippen molar-refractivity contribution in [1.82, 2.24) is 24.8 Å². The first-order valence-electron chi connectivity index (χ1n) is 12.8. The standard InChI is InChI=1S/C30H30N6O2/c1-35-13-15-36(16-14-35)19-25-11-12-29(38-25)27-17-26-28(18-31-27)32-21-33-30(26)34-23-7-9-24(10-8-23)37-20-22-5-3-2-4-6-22/h2-12,17-18,21H,13-16,19-20H2,1H3,(H,32,33,34). The number of aromatic nitrogens is 3. The lowest BCUT2D eigenvalue weighted by Gasteiger charge is -2.31. The summed E-state index contributed by atoms with van der Waals surface area (Å²) < 4.78 is 12.1. The maximum Gasteiger partial charge on any atom is 0.152 e. The Labute approximate surface area is 221 Å². The topological polar surface area (TPSA) is 79.5 Å². The van der Waals surface area contributed by atoms with Crippen molar-refractivity contribution >= 4 is 22.4 Å². The summed E-state index contributed by atoms with van der Waals surface area (Å²) >= 11 is 0. The maximum atomic E-state index is 6.18. The molecule has 5 aromatic rings. The highest BCUT2D eigenvalue weighted by atomic mass is 16.5. The van der Waals surface area contributed by atoms with E-state index in [1.807, 2.05) is 60.7 Å². The number of fused-ring (bicyclic) bond motifs is 1. The van der Waals surface area contributed by atoms with E-state index in [-0.39, 0.29) is 0 Å². The summed E-state index contributed by atoms with van der Waals surface area (Å²) in [6.07, 6.45) is 3.31. The number of rotatable bonds is 8. The van der Waals surface area contributed by atoms with Crippen LogP contribution in [0.5, 0.6) is 5.75 Å². The molecule has 6 rings (SSSR count). The van der Waals surface area contributed by atoms with E-state index in [9.17, 15) is 0 Å². The predicted octanol–water partition coefficient (Wildman–Crippen LogP) is 5.35. The van der Waals surface area contributed by atoms with Crippen LogP contribution in [0.15, 0.2) is 89.7 Å². The van der Waals surface area contributed by atoms with Gasteiger partial charge in [-0.2, -0.15) is 0 Å². The molecule has 0 spiro atoms. The molecule has 2 aromatic carbocycles. The molecule has 8 heteroatoms. The van der Waals surface area contributed by atoms with Gasteiger partial charge in [0, 0.05) is 37.3 Å². The summed E-state index contributed by atoms with van der Waals surface area (Å²) in [5.41, 5.74) is 3.56. The molecule has 0 saturated carbocycles. The molecule has 1 fully saturated rings. The van der Waals surface area contributed by atoms with Gasteiger partial charge in [0.15, 0.2) is 5.76 Å². The van der Waals surface area contributed by atoms with Crippen molar-refractivity contribution in [1.29, 1.82) is 0 Å². The zero-order valence-corrected chi connectivity index (χ0v) is 21.4. The third-order valence-electron chi connectivity index (χ3n) is 6.78. The number of likely N-dealkylation sites (N-methyl/N-ethyl adjacent to an activating group) is 1. The Bertz CT molecular complexity index is 1490. The van der Waals surface area contributed by atoms with Crippen LogP contribution in [0.3, 0.4) is 0 Å². The molecule has 0 radical (unpaired) electrons. The van der Waals surface area contributed by atoms with Crippen LogP contribution in [-0.2, 0) is 13.2 Å². The summed E-state index contributed by atoms with van der Waals surface area (Å²) in [5.74, 6) is 3.21. The smallest absolute Gasteiger partial charge is 0.152 e. The van der Waals surface area contributed by atoms with Crippen molar-refractivity contribution < 1.29 is 9.15 Å². The zero-order valence-electron chi connectivity index (χ0n) is 21.4. The van der Waals surface area contributed by atoms with Gasteiger partial charge in [-0.3, -0.25) is 9.88 Å². The molecule has 3 aromatic heterocycles. The quantitative estimate of drug-likeness (QED) is 0.302. The molecular weight excluding hydrogens is 476 g/mol. The van der Waals surface area contributed by atoms with Crippen LogP contribution < -0.4 is 10.1 Å². The van der Waals surface area contributed by atoms with Gasteiger partial charge in [-0.1, -0.05) is 30.3 Å². The highest BCUT2D eigenvalue weighted by Gasteiger charge is 2.16. The molecule has 1 N–H and O–H groups in total. The second-order valence-corrected chi connectivity index (χ2v) is 9.58. The highest BCUT2D eigenvalue weighted by molar-refractivity contribution is 5.92. The number of hydrogen-bond acceptors (Lipinski definition) is 8. The Morgan fingerprint density at radius 1 is 0.895 bits per heavy atom. The van der Waals surface area contributed by atoms with Crippen LogP contribution >= 0.6 is 0 Å². The number of pyridine rings is 1. The first kappa shape index (κ1) is 24.1. The number of ether oxygens (including phenoxy) is 1. The number of furan rings is 1. The molecule has 1 aliphatic rings. The Kier molecular flexibility index (Phi) is 6.97. The average Bonchev–Trinajstić information content (AvgIpc) is 3.43. The summed E-state index contributed by atoms with van der Waals surface area (Å²) in [6, 6.07) is 24.0. The van der Waals surface area contributed by atoms with Gasteiger partial charge in [-0.15, -0.1) is 0 Å². The molecule has 1 saturated heterocycles. The SMILES string of the molecule is CN1CCN(Cc2ccc(-c3cc4c(Nc5ccc(OCc6ccccc6)cc5)ncnc4cn3)o2)CC1. The molecule has 0 atom stereocenters. The largest absolute Gasteiger partial charge is 0.489 e. The van der Waals surface area contributed by atoms with Gasteiger partial charge < -0.3 is 19.4 Å². The summed E-state index contributed by atoms with van der Waals surface area (Å²) in [4.78, 5) is 18.3. The number of nitrogens with zero attached hydrogens (tertiary/aromatic N) is 5. The third kappa shape index (κ3) is 5.66. The number of hydrogen-bond donors (Lipinski definition) is 1. The minimum absolute atomic E-state index is 0.532. The number of piperazine rings is 1. The Morgan fingerprint density at radius 3 is 2.53 bits per heavy atom. The average molecular weight is 507 g/mol. The minimum Gasteiger partial charge on any atom is -0.489 e. The third-order valence-corrected chi connectivity index (χ3v) is 6.78.